The van der Waals surface area contributed by atoms with Crippen LogP contribution in [-0.2, 0) is 9.47 Å². The predicted molar refractivity (Wildman–Crippen MR) is 128 cm³/mol. The molecule has 34 heavy (non-hydrogen) atoms. The second-order valence-electron chi connectivity index (χ2n) is 8.72. The molecule has 1 N–H and O–H groups in total. The molecule has 1 aromatic carbocycles. The number of nitro groups is 1. The third-order valence-corrected chi connectivity index (χ3v) is 6.50. The number of carbonyl (C=O) groups excluding carboxylic acids is 1. The van der Waals surface area contributed by atoms with E-state index in [2.05, 4.69) is 27.4 Å². The number of nitrogens with one attached hydrogen (secondary N) is 1. The van der Waals surface area contributed by atoms with Gasteiger partial charge in [0.2, 0.25) is 11.6 Å². The molecule has 0 unspecified atom stereocenters. The van der Waals surface area contributed by atoms with Gasteiger partial charge in [0.05, 0.1) is 11.5 Å². The summed E-state index contributed by atoms with van der Waals surface area (Å²) in [5, 5.41) is 15.1. The molecule has 10 nitrogen and oxygen atoms in total. The van der Waals surface area contributed by atoms with Gasteiger partial charge in [-0.25, -0.2) is 14.8 Å². The summed E-state index contributed by atoms with van der Waals surface area (Å²) in [5.74, 6) is 1.01. The van der Waals surface area contributed by atoms with Gasteiger partial charge in [-0.05, 0) is 43.4 Å². The first-order valence-electron chi connectivity index (χ1n) is 12.0. The van der Waals surface area contributed by atoms with Crippen LogP contribution in [0.5, 0.6) is 0 Å². The van der Waals surface area contributed by atoms with Gasteiger partial charge in [0.1, 0.15) is 12.4 Å². The van der Waals surface area contributed by atoms with Gasteiger partial charge in [-0.15, -0.1) is 0 Å². The van der Waals surface area contributed by atoms with Crippen LogP contribution in [-0.4, -0.2) is 46.8 Å². The van der Waals surface area contributed by atoms with Crippen molar-refractivity contribution in [1.82, 2.24) is 9.97 Å². The zero-order chi connectivity index (χ0) is 23.9. The lowest BCUT2D eigenvalue weighted by molar-refractivity contribution is -0.383. The molecule has 182 valence electrons. The molecule has 4 rings (SSSR count). The smallest absolute Gasteiger partial charge is 0.435 e. The van der Waals surface area contributed by atoms with Gasteiger partial charge in [0.25, 0.3) is 0 Å². The molecule has 0 atom stereocenters. The lowest BCUT2D eigenvalue weighted by Gasteiger charge is -2.31. The van der Waals surface area contributed by atoms with Crippen molar-refractivity contribution in [2.24, 2.45) is 0 Å². The summed E-state index contributed by atoms with van der Waals surface area (Å²) >= 11 is 0. The van der Waals surface area contributed by atoms with Crippen LogP contribution in [0.25, 0.3) is 0 Å². The van der Waals surface area contributed by atoms with Gasteiger partial charge in [-0.2, -0.15) is 0 Å². The zero-order valence-corrected chi connectivity index (χ0v) is 19.4. The van der Waals surface area contributed by atoms with Gasteiger partial charge < -0.3 is 19.7 Å². The number of rotatable bonds is 7. The Labute approximate surface area is 198 Å². The van der Waals surface area contributed by atoms with Crippen LogP contribution >= 0.6 is 0 Å². The summed E-state index contributed by atoms with van der Waals surface area (Å²) in [4.78, 5) is 33.3. The minimum absolute atomic E-state index is 0.158. The molecule has 0 spiro atoms. The van der Waals surface area contributed by atoms with Crippen LogP contribution in [0.1, 0.15) is 63.4 Å². The van der Waals surface area contributed by atoms with Crippen LogP contribution in [0.15, 0.2) is 30.6 Å². The highest BCUT2D eigenvalue weighted by Gasteiger charge is 2.31. The number of ether oxygens (including phenoxy) is 2. The number of benzene rings is 1. The minimum Gasteiger partial charge on any atom is -0.435 e. The number of aromatic nitrogens is 2. The van der Waals surface area contributed by atoms with Gasteiger partial charge in [0, 0.05) is 31.6 Å². The van der Waals surface area contributed by atoms with Crippen molar-refractivity contribution in [2.45, 2.75) is 63.9 Å². The number of nitrogens with zero attached hydrogens (tertiary/aromatic N) is 4. The lowest BCUT2D eigenvalue weighted by atomic mass is 9.84. The van der Waals surface area contributed by atoms with Crippen molar-refractivity contribution in [3.8, 4) is 0 Å². The van der Waals surface area contributed by atoms with E-state index in [-0.39, 0.29) is 30.0 Å². The Kier molecular flexibility index (Phi) is 7.76. The maximum absolute atomic E-state index is 12.0. The van der Waals surface area contributed by atoms with E-state index in [1.165, 1.54) is 44.0 Å². The summed E-state index contributed by atoms with van der Waals surface area (Å²) in [5.41, 5.74) is 1.90. The summed E-state index contributed by atoms with van der Waals surface area (Å²) in [6, 6.07) is 8.10. The third-order valence-electron chi connectivity index (χ3n) is 6.50. The Morgan fingerprint density at radius 1 is 1.12 bits per heavy atom. The molecule has 2 fully saturated rings. The van der Waals surface area contributed by atoms with E-state index in [1.54, 1.807) is 6.92 Å². The van der Waals surface area contributed by atoms with E-state index in [0.29, 0.717) is 31.8 Å². The van der Waals surface area contributed by atoms with Crippen molar-refractivity contribution >= 4 is 29.2 Å². The molecule has 2 aliphatic rings. The van der Waals surface area contributed by atoms with Gasteiger partial charge >= 0.3 is 11.8 Å². The topological polar surface area (TPSA) is 120 Å². The van der Waals surface area contributed by atoms with Crippen molar-refractivity contribution in [3.63, 3.8) is 0 Å². The average molecular weight is 470 g/mol. The highest BCUT2D eigenvalue weighted by Crippen LogP contribution is 2.36. The van der Waals surface area contributed by atoms with Crippen LogP contribution in [0.3, 0.4) is 0 Å². The number of carbonyl (C=O) groups is 1. The quantitative estimate of drug-likeness (QED) is 0.326. The van der Waals surface area contributed by atoms with Crippen LogP contribution in [0.4, 0.5) is 27.8 Å². The highest BCUT2D eigenvalue weighted by molar-refractivity contribution is 5.74. The van der Waals surface area contributed by atoms with Crippen molar-refractivity contribution in [1.29, 1.82) is 0 Å². The Balaban J connectivity index is 1.45. The van der Waals surface area contributed by atoms with E-state index >= 15 is 0 Å². The SMILES string of the molecule is CCOC(=O)OC1CCN(c2ncnc(Nc3ccc(C4CCCCC4)cc3)c2[N+](=O)[O-])CC1. The molecule has 2 aromatic rings. The van der Waals surface area contributed by atoms with E-state index in [4.69, 9.17) is 9.47 Å². The monoisotopic (exact) mass is 469 g/mol. The van der Waals surface area contributed by atoms with Gasteiger partial charge in [-0.1, -0.05) is 31.4 Å². The molecule has 1 aliphatic heterocycles. The molecule has 2 heterocycles. The Morgan fingerprint density at radius 2 is 1.82 bits per heavy atom. The van der Waals surface area contributed by atoms with Crippen LogP contribution in [0.2, 0.25) is 0 Å². The number of hydrogen-bond donors (Lipinski definition) is 1. The van der Waals surface area contributed by atoms with Crippen molar-refractivity contribution in [2.75, 3.05) is 29.9 Å². The molecule has 1 saturated carbocycles. The Morgan fingerprint density at radius 3 is 2.47 bits per heavy atom. The highest BCUT2D eigenvalue weighted by atomic mass is 16.7. The fourth-order valence-corrected chi connectivity index (χ4v) is 4.75. The molecule has 0 amide bonds. The zero-order valence-electron chi connectivity index (χ0n) is 19.4. The molecule has 1 aromatic heterocycles. The maximum atomic E-state index is 12.0. The first kappa shape index (κ1) is 23.7. The minimum atomic E-state index is -0.685. The van der Waals surface area contributed by atoms with E-state index in [0.717, 1.165) is 5.69 Å². The molecular weight excluding hydrogens is 438 g/mol. The number of hydrogen-bond acceptors (Lipinski definition) is 9. The van der Waals surface area contributed by atoms with Crippen molar-refractivity contribution in [3.05, 3.63) is 46.3 Å². The molecule has 10 heteroatoms. The predicted octanol–water partition coefficient (Wildman–Crippen LogP) is 5.32. The lowest BCUT2D eigenvalue weighted by Crippen LogP contribution is -2.38. The summed E-state index contributed by atoms with van der Waals surface area (Å²) < 4.78 is 10.1. The van der Waals surface area contributed by atoms with Crippen LogP contribution in [0, 0.1) is 10.1 Å². The fraction of sp³-hybridized carbons (Fsp3) is 0.542. The molecule has 1 saturated heterocycles. The normalized spacial score (nSPS) is 17.3. The fourth-order valence-electron chi connectivity index (χ4n) is 4.75. The Hall–Kier alpha value is -3.43. The number of anilines is 3. The van der Waals surface area contributed by atoms with E-state index in [9.17, 15) is 14.9 Å². The van der Waals surface area contributed by atoms with Gasteiger partial charge in [-0.3, -0.25) is 10.1 Å². The summed E-state index contributed by atoms with van der Waals surface area (Å²) in [6.07, 6.45) is 7.72. The van der Waals surface area contributed by atoms with E-state index in [1.807, 2.05) is 17.0 Å². The maximum Gasteiger partial charge on any atom is 0.508 e. The first-order valence-corrected chi connectivity index (χ1v) is 12.0. The molecular formula is C24H31N5O5. The number of piperidine rings is 1. The largest absolute Gasteiger partial charge is 0.508 e. The molecule has 0 radical (unpaired) electrons. The standard InChI is InChI=1S/C24H31N5O5/c1-2-33-24(30)34-20-12-14-28(15-13-20)23-21(29(31)32)22(25-16-26-23)27-19-10-8-18(9-11-19)17-6-4-3-5-7-17/h8-11,16-17,20H,2-7,12-15H2,1H3,(H,25,26,27). The molecule has 1 aliphatic carbocycles. The second-order valence-corrected chi connectivity index (χ2v) is 8.72. The Bertz CT molecular complexity index is 986. The summed E-state index contributed by atoms with van der Waals surface area (Å²) in [7, 11) is 0. The molecule has 0 bridgehead atoms. The summed E-state index contributed by atoms with van der Waals surface area (Å²) in [6.45, 7) is 2.91. The average Bonchev–Trinajstić information content (AvgIpc) is 2.85. The third kappa shape index (κ3) is 5.73. The van der Waals surface area contributed by atoms with Crippen LogP contribution < -0.4 is 10.2 Å². The van der Waals surface area contributed by atoms with E-state index < -0.39 is 11.1 Å². The van der Waals surface area contributed by atoms with Gasteiger partial charge in [0.15, 0.2) is 0 Å². The second kappa shape index (κ2) is 11.1. The first-order chi connectivity index (χ1) is 16.5. The van der Waals surface area contributed by atoms with Crippen molar-refractivity contribution < 1.29 is 19.2 Å².